The summed E-state index contributed by atoms with van der Waals surface area (Å²) < 4.78 is 34.9. The lowest BCUT2D eigenvalue weighted by Gasteiger charge is -2.15. The van der Waals surface area contributed by atoms with Crippen LogP contribution in [-0.4, -0.2) is 26.7 Å². The molecule has 7 heteroatoms. The second-order valence-electron chi connectivity index (χ2n) is 6.98. The highest BCUT2D eigenvalue weighted by Gasteiger charge is 2.25. The van der Waals surface area contributed by atoms with Gasteiger partial charge in [0.2, 0.25) is 0 Å². The van der Waals surface area contributed by atoms with Crippen LogP contribution in [0.15, 0.2) is 55.1 Å². The Hall–Kier alpha value is -3.32. The first-order valence-corrected chi connectivity index (χ1v) is 9.76. The maximum Gasteiger partial charge on any atom is 0.174 e. The number of pyridine rings is 2. The summed E-state index contributed by atoms with van der Waals surface area (Å²) in [6.07, 6.45) is 6.66. The van der Waals surface area contributed by atoms with Crippen molar-refractivity contribution in [1.82, 2.24) is 15.0 Å². The van der Waals surface area contributed by atoms with Gasteiger partial charge in [0, 0.05) is 46.9 Å². The first-order valence-electron chi connectivity index (χ1n) is 9.76. The molecule has 0 radical (unpaired) electrons. The number of ether oxygens (including phenoxy) is 1. The molecule has 0 amide bonds. The van der Waals surface area contributed by atoms with Gasteiger partial charge in [-0.3, -0.25) is 4.98 Å². The van der Waals surface area contributed by atoms with Crippen LogP contribution in [0.2, 0.25) is 0 Å². The fourth-order valence-electron chi connectivity index (χ4n) is 3.33. The Balaban J connectivity index is 1.75. The zero-order valence-corrected chi connectivity index (χ0v) is 16.4. The molecular weight excluding hydrogens is 388 g/mol. The van der Waals surface area contributed by atoms with Crippen LogP contribution in [0.5, 0.6) is 5.75 Å². The van der Waals surface area contributed by atoms with Crippen molar-refractivity contribution in [2.75, 3.05) is 6.61 Å². The van der Waals surface area contributed by atoms with Gasteiger partial charge in [0.25, 0.3) is 0 Å². The number of aromatic nitrogens is 3. The van der Waals surface area contributed by atoms with Crippen LogP contribution in [0.1, 0.15) is 37.0 Å². The smallest absolute Gasteiger partial charge is 0.174 e. The summed E-state index contributed by atoms with van der Waals surface area (Å²) in [7, 11) is 0. The van der Waals surface area contributed by atoms with E-state index in [4.69, 9.17) is 4.74 Å². The summed E-state index contributed by atoms with van der Waals surface area (Å²) in [5.74, 6) is -1.81. The Morgan fingerprint density at radius 3 is 2.80 bits per heavy atom. The average molecular weight is 409 g/mol. The van der Waals surface area contributed by atoms with Crippen LogP contribution >= 0.6 is 0 Å². The number of benzene rings is 1. The van der Waals surface area contributed by atoms with Crippen LogP contribution in [0, 0.1) is 11.6 Å². The Labute approximate surface area is 172 Å². The van der Waals surface area contributed by atoms with Gasteiger partial charge in [-0.25, -0.2) is 13.8 Å². The highest BCUT2D eigenvalue weighted by Crippen LogP contribution is 2.35. The van der Waals surface area contributed by atoms with Gasteiger partial charge in [0.05, 0.1) is 12.2 Å². The Kier molecular flexibility index (Phi) is 5.72. The monoisotopic (exact) mass is 409 g/mol. The molecule has 4 aromatic rings. The number of fused-ring (bicyclic) bond motifs is 1. The van der Waals surface area contributed by atoms with E-state index in [-0.39, 0.29) is 5.75 Å². The minimum atomic E-state index is -1.53. The number of unbranched alkanes of at least 4 members (excludes halogenated alkanes) is 1. The van der Waals surface area contributed by atoms with Crippen LogP contribution in [0.4, 0.5) is 8.78 Å². The molecule has 3 heterocycles. The Bertz CT molecular complexity index is 1160. The normalized spacial score (nSPS) is 12.3. The molecule has 0 bridgehead atoms. The summed E-state index contributed by atoms with van der Waals surface area (Å²) in [5, 5.41) is 11.5. The molecule has 2 N–H and O–H groups in total. The predicted octanol–water partition coefficient (Wildman–Crippen LogP) is 5.16. The molecule has 0 aliphatic heterocycles. The van der Waals surface area contributed by atoms with Crippen LogP contribution in [-0.2, 0) is 0 Å². The molecule has 0 saturated heterocycles. The van der Waals surface area contributed by atoms with E-state index >= 15 is 0 Å². The van der Waals surface area contributed by atoms with E-state index < -0.39 is 23.3 Å². The molecule has 0 aliphatic rings. The van der Waals surface area contributed by atoms with E-state index in [0.29, 0.717) is 23.2 Å². The summed E-state index contributed by atoms with van der Waals surface area (Å²) >= 11 is 0. The molecule has 0 fully saturated rings. The second kappa shape index (κ2) is 8.59. The van der Waals surface area contributed by atoms with Gasteiger partial charge in [-0.05, 0) is 30.7 Å². The van der Waals surface area contributed by atoms with Crippen molar-refractivity contribution in [1.29, 1.82) is 0 Å². The number of aliphatic hydroxyl groups excluding tert-OH is 1. The van der Waals surface area contributed by atoms with Gasteiger partial charge in [0.1, 0.15) is 17.6 Å². The Morgan fingerprint density at radius 1 is 1.17 bits per heavy atom. The molecule has 154 valence electrons. The van der Waals surface area contributed by atoms with E-state index in [9.17, 15) is 13.9 Å². The third-order valence-corrected chi connectivity index (χ3v) is 4.97. The minimum absolute atomic E-state index is 0.0760. The van der Waals surface area contributed by atoms with Crippen molar-refractivity contribution in [3.8, 4) is 16.9 Å². The number of halogens is 2. The SMILES string of the molecule is CCCCOc1ccc(F)c(C(O)c2c[nH]c3ncc(-c4cccnc4)cc23)c1F. The largest absolute Gasteiger partial charge is 0.491 e. The van der Waals surface area contributed by atoms with Gasteiger partial charge < -0.3 is 14.8 Å². The fourth-order valence-corrected chi connectivity index (χ4v) is 3.33. The first kappa shape index (κ1) is 20.0. The molecule has 0 saturated carbocycles. The lowest BCUT2D eigenvalue weighted by molar-refractivity contribution is 0.207. The molecule has 0 spiro atoms. The van der Waals surface area contributed by atoms with Gasteiger partial charge in [0.15, 0.2) is 11.6 Å². The lowest BCUT2D eigenvalue weighted by Crippen LogP contribution is -2.08. The third kappa shape index (κ3) is 3.76. The van der Waals surface area contributed by atoms with Crippen molar-refractivity contribution < 1.29 is 18.6 Å². The summed E-state index contributed by atoms with van der Waals surface area (Å²) in [6, 6.07) is 7.85. The topological polar surface area (TPSA) is 71.0 Å². The fraction of sp³-hybridized carbons (Fsp3) is 0.217. The molecule has 1 aromatic carbocycles. The number of aromatic amines is 1. The summed E-state index contributed by atoms with van der Waals surface area (Å²) in [5.41, 5.74) is 2.01. The molecule has 1 unspecified atom stereocenters. The third-order valence-electron chi connectivity index (χ3n) is 4.97. The number of rotatable bonds is 7. The van der Waals surface area contributed by atoms with Crippen molar-refractivity contribution in [2.45, 2.75) is 25.9 Å². The molecule has 3 aromatic heterocycles. The number of hydrogen-bond acceptors (Lipinski definition) is 4. The number of hydrogen-bond donors (Lipinski definition) is 2. The van der Waals surface area contributed by atoms with Crippen molar-refractivity contribution in [3.05, 3.63) is 77.9 Å². The van der Waals surface area contributed by atoms with Gasteiger partial charge in [-0.15, -0.1) is 0 Å². The van der Waals surface area contributed by atoms with Crippen LogP contribution in [0.25, 0.3) is 22.2 Å². The van der Waals surface area contributed by atoms with E-state index in [1.54, 1.807) is 24.7 Å². The minimum Gasteiger partial charge on any atom is -0.491 e. The van der Waals surface area contributed by atoms with Gasteiger partial charge >= 0.3 is 0 Å². The lowest BCUT2D eigenvalue weighted by atomic mass is 9.99. The Morgan fingerprint density at radius 2 is 2.03 bits per heavy atom. The number of nitrogens with one attached hydrogen (secondary N) is 1. The second-order valence-corrected chi connectivity index (χ2v) is 6.98. The van der Waals surface area contributed by atoms with E-state index in [2.05, 4.69) is 15.0 Å². The zero-order valence-electron chi connectivity index (χ0n) is 16.4. The zero-order chi connectivity index (χ0) is 21.1. The number of nitrogens with zero attached hydrogens (tertiary/aromatic N) is 2. The predicted molar refractivity (Wildman–Crippen MR) is 110 cm³/mol. The maximum atomic E-state index is 15.0. The highest BCUT2D eigenvalue weighted by atomic mass is 19.1. The maximum absolute atomic E-state index is 15.0. The average Bonchev–Trinajstić information content (AvgIpc) is 3.19. The molecule has 5 nitrogen and oxygen atoms in total. The first-order chi connectivity index (χ1) is 14.6. The van der Waals surface area contributed by atoms with E-state index in [1.165, 1.54) is 12.3 Å². The van der Waals surface area contributed by atoms with Crippen molar-refractivity contribution >= 4 is 11.0 Å². The van der Waals surface area contributed by atoms with Gasteiger partial charge in [-0.2, -0.15) is 0 Å². The highest BCUT2D eigenvalue weighted by molar-refractivity contribution is 5.85. The molecule has 0 aliphatic carbocycles. The molecular formula is C23H21F2N3O2. The van der Waals surface area contributed by atoms with Gasteiger partial charge in [-0.1, -0.05) is 19.4 Å². The quantitative estimate of drug-likeness (QED) is 0.414. The molecule has 1 atom stereocenters. The van der Waals surface area contributed by atoms with Crippen molar-refractivity contribution in [2.24, 2.45) is 0 Å². The van der Waals surface area contributed by atoms with Crippen LogP contribution in [0.3, 0.4) is 0 Å². The summed E-state index contributed by atoms with van der Waals surface area (Å²) in [4.78, 5) is 11.4. The number of H-pyrrole nitrogens is 1. The molecule has 30 heavy (non-hydrogen) atoms. The van der Waals surface area contributed by atoms with Crippen LogP contribution < -0.4 is 4.74 Å². The van der Waals surface area contributed by atoms with E-state index in [1.807, 2.05) is 19.1 Å². The van der Waals surface area contributed by atoms with Crippen molar-refractivity contribution in [3.63, 3.8) is 0 Å². The standard InChI is InChI=1S/C23H21F2N3O2/c1-2-3-9-30-19-7-6-18(24)20(21(19)25)22(29)17-13-28-23-16(17)10-15(12-27-23)14-5-4-8-26-11-14/h4-8,10-13,22,29H,2-3,9H2,1H3,(H,27,28). The molecule has 4 rings (SSSR count). The summed E-state index contributed by atoms with van der Waals surface area (Å²) in [6.45, 7) is 2.31. The van der Waals surface area contributed by atoms with E-state index in [0.717, 1.165) is 30.0 Å². The number of aliphatic hydroxyl groups is 1.